The maximum absolute atomic E-state index is 13.0. The van der Waals surface area contributed by atoms with Gasteiger partial charge in [-0.15, -0.1) is 0 Å². The number of likely N-dealkylation sites (N-methyl/N-ethyl adjacent to an activating group) is 1. The molecular formula is C21H23BrCl2N2O3. The minimum atomic E-state index is -0.725. The fourth-order valence-electron chi connectivity index (χ4n) is 2.86. The molecule has 2 rings (SSSR count). The van der Waals surface area contributed by atoms with Gasteiger partial charge in [0.1, 0.15) is 11.8 Å². The Morgan fingerprint density at radius 1 is 1.17 bits per heavy atom. The van der Waals surface area contributed by atoms with Gasteiger partial charge in [0.2, 0.25) is 5.91 Å². The van der Waals surface area contributed by atoms with E-state index in [-0.39, 0.29) is 25.0 Å². The average molecular weight is 502 g/mol. The number of ether oxygens (including phenoxy) is 1. The summed E-state index contributed by atoms with van der Waals surface area (Å²) in [6.07, 6.45) is 0. The molecule has 8 heteroatoms. The minimum absolute atomic E-state index is 0.0910. The van der Waals surface area contributed by atoms with Crippen molar-refractivity contribution in [1.82, 2.24) is 10.2 Å². The van der Waals surface area contributed by atoms with Crippen molar-refractivity contribution in [2.75, 3.05) is 13.7 Å². The normalized spacial score (nSPS) is 11.7. The molecule has 1 N–H and O–H groups in total. The highest BCUT2D eigenvalue weighted by atomic mass is 79.9. The molecule has 1 unspecified atom stereocenters. The van der Waals surface area contributed by atoms with E-state index in [1.807, 2.05) is 26.0 Å². The number of halogens is 3. The molecule has 5 nitrogen and oxygen atoms in total. The van der Waals surface area contributed by atoms with E-state index in [1.54, 1.807) is 25.1 Å². The molecule has 0 aliphatic rings. The number of aryl methyl sites for hydroxylation is 2. The SMILES string of the molecule is CNC(=O)C(C)N(Cc1c(Cl)cccc1Cl)C(=O)COc1cc(C)c(Br)c(C)c1. The lowest BCUT2D eigenvalue weighted by atomic mass is 10.1. The molecule has 2 aromatic carbocycles. The fourth-order valence-corrected chi connectivity index (χ4v) is 3.61. The topological polar surface area (TPSA) is 58.6 Å². The van der Waals surface area contributed by atoms with Crippen LogP contribution in [0.15, 0.2) is 34.8 Å². The third-order valence-corrected chi connectivity index (χ3v) is 6.54. The first kappa shape index (κ1) is 23.5. The molecule has 29 heavy (non-hydrogen) atoms. The summed E-state index contributed by atoms with van der Waals surface area (Å²) >= 11 is 16.0. The number of nitrogens with zero attached hydrogens (tertiary/aromatic N) is 1. The van der Waals surface area contributed by atoms with Gasteiger partial charge in [0, 0.05) is 33.7 Å². The van der Waals surface area contributed by atoms with Crippen molar-refractivity contribution in [2.24, 2.45) is 0 Å². The van der Waals surface area contributed by atoms with E-state index in [0.29, 0.717) is 21.4 Å². The van der Waals surface area contributed by atoms with Crippen LogP contribution in [0.25, 0.3) is 0 Å². The van der Waals surface area contributed by atoms with Crippen molar-refractivity contribution < 1.29 is 14.3 Å². The van der Waals surface area contributed by atoms with Crippen molar-refractivity contribution in [3.05, 3.63) is 61.5 Å². The molecule has 1 atom stereocenters. The molecular weight excluding hydrogens is 479 g/mol. The third kappa shape index (κ3) is 5.87. The highest BCUT2D eigenvalue weighted by Crippen LogP contribution is 2.28. The summed E-state index contributed by atoms with van der Waals surface area (Å²) in [4.78, 5) is 26.6. The Balaban J connectivity index is 2.24. The molecule has 156 valence electrons. The first-order valence-corrected chi connectivity index (χ1v) is 10.5. The lowest BCUT2D eigenvalue weighted by Gasteiger charge is -2.29. The monoisotopic (exact) mass is 500 g/mol. The Bertz CT molecular complexity index is 878. The molecule has 0 aliphatic carbocycles. The van der Waals surface area contributed by atoms with Gasteiger partial charge in [-0.2, -0.15) is 0 Å². The summed E-state index contributed by atoms with van der Waals surface area (Å²) in [5.41, 5.74) is 2.59. The maximum atomic E-state index is 13.0. The van der Waals surface area contributed by atoms with Crippen LogP contribution in [0, 0.1) is 13.8 Å². The zero-order valence-corrected chi connectivity index (χ0v) is 19.8. The van der Waals surface area contributed by atoms with Crippen LogP contribution >= 0.6 is 39.1 Å². The zero-order valence-electron chi connectivity index (χ0n) is 16.7. The molecule has 0 aliphatic heterocycles. The number of carbonyl (C=O) groups excluding carboxylic acids is 2. The molecule has 0 spiro atoms. The van der Waals surface area contributed by atoms with E-state index in [2.05, 4.69) is 21.2 Å². The molecule has 0 bridgehead atoms. The minimum Gasteiger partial charge on any atom is -0.484 e. The summed E-state index contributed by atoms with van der Waals surface area (Å²) in [6, 6.07) is 8.09. The smallest absolute Gasteiger partial charge is 0.261 e. The Morgan fingerprint density at radius 2 is 1.72 bits per heavy atom. The van der Waals surface area contributed by atoms with E-state index in [0.717, 1.165) is 15.6 Å². The molecule has 0 aromatic heterocycles. The Labute approximate surface area is 189 Å². The maximum Gasteiger partial charge on any atom is 0.261 e. The quantitative estimate of drug-likeness (QED) is 0.586. The Kier molecular flexibility index (Phi) is 8.37. The van der Waals surface area contributed by atoms with E-state index < -0.39 is 6.04 Å². The van der Waals surface area contributed by atoms with Gasteiger partial charge in [-0.05, 0) is 56.2 Å². The number of rotatable bonds is 7. The van der Waals surface area contributed by atoms with Crippen molar-refractivity contribution in [1.29, 1.82) is 0 Å². The van der Waals surface area contributed by atoms with Crippen molar-refractivity contribution >= 4 is 50.9 Å². The largest absolute Gasteiger partial charge is 0.484 e. The zero-order chi connectivity index (χ0) is 21.7. The van der Waals surface area contributed by atoms with Crippen molar-refractivity contribution in [2.45, 2.75) is 33.4 Å². The van der Waals surface area contributed by atoms with Gasteiger partial charge in [-0.3, -0.25) is 9.59 Å². The molecule has 0 fully saturated rings. The number of amides is 2. The van der Waals surface area contributed by atoms with Gasteiger partial charge in [0.05, 0.1) is 0 Å². The highest BCUT2D eigenvalue weighted by Gasteiger charge is 2.27. The molecule has 0 heterocycles. The molecule has 2 aromatic rings. The highest BCUT2D eigenvalue weighted by molar-refractivity contribution is 9.10. The molecule has 0 saturated carbocycles. The number of hydrogen-bond donors (Lipinski definition) is 1. The predicted molar refractivity (Wildman–Crippen MR) is 120 cm³/mol. The van der Waals surface area contributed by atoms with E-state index >= 15 is 0 Å². The van der Waals surface area contributed by atoms with Crippen LogP contribution in [0.5, 0.6) is 5.75 Å². The Hall–Kier alpha value is -1.76. The molecule has 0 radical (unpaired) electrons. The lowest BCUT2D eigenvalue weighted by molar-refractivity contribution is -0.142. The van der Waals surface area contributed by atoms with Crippen molar-refractivity contribution in [3.63, 3.8) is 0 Å². The summed E-state index contributed by atoms with van der Waals surface area (Å²) in [5.74, 6) is -0.0629. The van der Waals surface area contributed by atoms with E-state index in [9.17, 15) is 9.59 Å². The summed E-state index contributed by atoms with van der Waals surface area (Å²) in [6.45, 7) is 5.42. The fraction of sp³-hybridized carbons (Fsp3) is 0.333. The third-order valence-electron chi connectivity index (χ3n) is 4.58. The molecule has 0 saturated heterocycles. The second kappa shape index (κ2) is 10.3. The van der Waals surface area contributed by atoms with Crippen LogP contribution in [-0.4, -0.2) is 36.4 Å². The second-order valence-corrected chi connectivity index (χ2v) is 8.28. The summed E-state index contributed by atoms with van der Waals surface area (Å²) in [5, 5.41) is 3.43. The van der Waals surface area contributed by atoms with Gasteiger partial charge < -0.3 is 15.0 Å². The summed E-state index contributed by atoms with van der Waals surface area (Å²) < 4.78 is 6.72. The first-order chi connectivity index (χ1) is 13.6. The second-order valence-electron chi connectivity index (χ2n) is 6.67. The van der Waals surface area contributed by atoms with Gasteiger partial charge in [-0.1, -0.05) is 45.2 Å². The number of benzene rings is 2. The summed E-state index contributed by atoms with van der Waals surface area (Å²) in [7, 11) is 1.52. The Morgan fingerprint density at radius 3 is 2.24 bits per heavy atom. The lowest BCUT2D eigenvalue weighted by Crippen LogP contribution is -2.48. The van der Waals surface area contributed by atoms with E-state index in [4.69, 9.17) is 27.9 Å². The van der Waals surface area contributed by atoms with E-state index in [1.165, 1.54) is 11.9 Å². The average Bonchev–Trinajstić information content (AvgIpc) is 2.68. The van der Waals surface area contributed by atoms with Crippen molar-refractivity contribution in [3.8, 4) is 5.75 Å². The van der Waals surface area contributed by atoms with Crippen LogP contribution in [-0.2, 0) is 16.1 Å². The molecule has 2 amide bonds. The van der Waals surface area contributed by atoms with Crippen LogP contribution < -0.4 is 10.1 Å². The van der Waals surface area contributed by atoms with Gasteiger partial charge in [0.15, 0.2) is 6.61 Å². The first-order valence-electron chi connectivity index (χ1n) is 8.99. The standard InChI is InChI=1S/C21H23BrCl2N2O3/c1-12-8-15(9-13(2)20(12)22)29-11-19(27)26(14(3)21(28)25-4)10-16-17(23)6-5-7-18(16)24/h5-9,14H,10-11H2,1-4H3,(H,25,28). The number of carbonyl (C=O) groups is 2. The van der Waals surface area contributed by atoms with Crippen LogP contribution in [0.2, 0.25) is 10.0 Å². The van der Waals surface area contributed by atoms with Crippen LogP contribution in [0.3, 0.4) is 0 Å². The van der Waals surface area contributed by atoms with Gasteiger partial charge in [-0.25, -0.2) is 0 Å². The van der Waals surface area contributed by atoms with Gasteiger partial charge >= 0.3 is 0 Å². The predicted octanol–water partition coefficient (Wildman–Crippen LogP) is 4.91. The number of hydrogen-bond acceptors (Lipinski definition) is 3. The van der Waals surface area contributed by atoms with Crippen LogP contribution in [0.1, 0.15) is 23.6 Å². The van der Waals surface area contributed by atoms with Crippen LogP contribution in [0.4, 0.5) is 0 Å². The van der Waals surface area contributed by atoms with Gasteiger partial charge in [0.25, 0.3) is 5.91 Å². The number of nitrogens with one attached hydrogen (secondary N) is 1.